The van der Waals surface area contributed by atoms with Gasteiger partial charge in [0.05, 0.1) is 0 Å². The van der Waals surface area contributed by atoms with E-state index in [9.17, 15) is 0 Å². The molecule has 0 fully saturated rings. The summed E-state index contributed by atoms with van der Waals surface area (Å²) >= 11 is 4.02. The van der Waals surface area contributed by atoms with E-state index in [1.807, 2.05) is 13.8 Å². The molecule has 0 aromatic carbocycles. The molecule has 0 radical (unpaired) electrons. The van der Waals surface area contributed by atoms with Crippen LogP contribution in [-0.2, 0) is 22.1 Å². The first kappa shape index (κ1) is 10.8. The fraction of sp³-hybridized carbons (Fsp3) is 1.00. The summed E-state index contributed by atoms with van der Waals surface area (Å²) in [6, 6.07) is 0. The first-order chi connectivity index (χ1) is 4.12. The van der Waals surface area contributed by atoms with E-state index in [1.165, 1.54) is 0 Å². The second-order valence-electron chi connectivity index (χ2n) is 1.33. The van der Waals surface area contributed by atoms with Crippen LogP contribution in [0.3, 0.4) is 0 Å². The predicted molar refractivity (Wildman–Crippen MR) is 41.1 cm³/mol. The minimum atomic E-state index is -2.75. The van der Waals surface area contributed by atoms with Crippen LogP contribution in [-0.4, -0.2) is 13.2 Å². The number of halogens is 2. The van der Waals surface area contributed by atoms with Gasteiger partial charge in [-0.3, -0.25) is 0 Å². The molecular formula is C4H10Br2O2Zr. The molecule has 0 amide bonds. The van der Waals surface area contributed by atoms with Crippen LogP contribution in [0.4, 0.5) is 0 Å². The first-order valence-electron chi connectivity index (χ1n) is 2.78. The van der Waals surface area contributed by atoms with Crippen molar-refractivity contribution in [1.29, 1.82) is 0 Å². The Morgan fingerprint density at radius 3 is 1.67 bits per heavy atom. The molecule has 5 heteroatoms. The summed E-state index contributed by atoms with van der Waals surface area (Å²) in [5.74, 6) is 0. The number of hydrogen-bond donors (Lipinski definition) is 0. The molecule has 0 rings (SSSR count). The van der Waals surface area contributed by atoms with E-state index in [4.69, 9.17) is 5.63 Å². The van der Waals surface area contributed by atoms with Gasteiger partial charge < -0.3 is 0 Å². The van der Waals surface area contributed by atoms with Crippen LogP contribution in [0, 0.1) is 0 Å². The summed E-state index contributed by atoms with van der Waals surface area (Å²) in [4.78, 5) is 0. The molecule has 0 aliphatic rings. The van der Waals surface area contributed by atoms with E-state index in [0.717, 1.165) is 0 Å². The SMILES string of the molecule is CC[O][Zr]([Br])([Br])[O]CC. The fourth-order valence-electron chi connectivity index (χ4n) is 0.378. The molecule has 0 N–H and O–H groups in total. The summed E-state index contributed by atoms with van der Waals surface area (Å²) in [6.45, 7) is 5.31. The van der Waals surface area contributed by atoms with E-state index >= 15 is 0 Å². The molecule has 9 heavy (non-hydrogen) atoms. The second kappa shape index (κ2) is 5.42. The van der Waals surface area contributed by atoms with Gasteiger partial charge in [0.15, 0.2) is 0 Å². The summed E-state index contributed by atoms with van der Waals surface area (Å²) in [6.07, 6.45) is 0. The number of hydrogen-bond acceptors (Lipinski definition) is 2. The molecule has 0 unspecified atom stereocenters. The van der Waals surface area contributed by atoms with Crippen LogP contribution in [0.1, 0.15) is 13.8 Å². The Kier molecular flexibility index (Phi) is 6.48. The van der Waals surface area contributed by atoms with Gasteiger partial charge in [0.2, 0.25) is 0 Å². The molecule has 0 atom stereocenters. The molecule has 0 aromatic rings. The molecule has 2 nitrogen and oxygen atoms in total. The van der Waals surface area contributed by atoms with Gasteiger partial charge in [-0.05, 0) is 0 Å². The summed E-state index contributed by atoms with van der Waals surface area (Å²) in [5, 5.41) is 0. The van der Waals surface area contributed by atoms with Crippen LogP contribution < -0.4 is 0 Å². The van der Waals surface area contributed by atoms with Gasteiger partial charge >= 0.3 is 73.6 Å². The molecule has 0 heterocycles. The van der Waals surface area contributed by atoms with Crippen molar-refractivity contribution in [3.8, 4) is 0 Å². The second-order valence-corrected chi connectivity index (χ2v) is 23.7. The van der Waals surface area contributed by atoms with E-state index in [1.54, 1.807) is 0 Å². The molecule has 0 aromatic heterocycles. The first-order valence-corrected chi connectivity index (χ1v) is 16.0. The molecule has 0 aliphatic carbocycles. The third kappa shape index (κ3) is 6.17. The van der Waals surface area contributed by atoms with Crippen LogP contribution in [0.5, 0.6) is 0 Å². The maximum atomic E-state index is 5.29. The normalized spacial score (nSPS) is 12.0. The van der Waals surface area contributed by atoms with Crippen LogP contribution >= 0.6 is 24.4 Å². The Balaban J connectivity index is 3.43. The molecular weight excluding hydrogens is 331 g/mol. The standard InChI is InChI=1S/2C2H5O.2BrH.Zr/c2*1-2-3;;;/h2*2H2,1H3;2*1H;/q2*-1;;;+4/p-2. The monoisotopic (exact) mass is 338 g/mol. The quantitative estimate of drug-likeness (QED) is 0.783. The van der Waals surface area contributed by atoms with Gasteiger partial charge in [-0.15, -0.1) is 0 Å². The van der Waals surface area contributed by atoms with Crippen molar-refractivity contribution < 1.29 is 22.1 Å². The third-order valence-corrected chi connectivity index (χ3v) is 9.11. The zero-order valence-corrected chi connectivity index (χ0v) is 11.1. The predicted octanol–water partition coefficient (Wildman–Crippen LogP) is 2.66. The van der Waals surface area contributed by atoms with Gasteiger partial charge in [0, 0.05) is 0 Å². The van der Waals surface area contributed by atoms with E-state index in [0.29, 0.717) is 13.2 Å². The molecule has 0 spiro atoms. The van der Waals surface area contributed by atoms with Gasteiger partial charge in [0.1, 0.15) is 0 Å². The molecule has 0 saturated heterocycles. The van der Waals surface area contributed by atoms with Gasteiger partial charge in [-0.1, -0.05) is 0 Å². The van der Waals surface area contributed by atoms with E-state index in [-0.39, 0.29) is 0 Å². The van der Waals surface area contributed by atoms with Crippen molar-refractivity contribution in [3.05, 3.63) is 0 Å². The van der Waals surface area contributed by atoms with Crippen molar-refractivity contribution in [2.45, 2.75) is 13.8 Å². The zero-order chi connectivity index (χ0) is 7.33. The average molecular weight is 341 g/mol. The van der Waals surface area contributed by atoms with Gasteiger partial charge in [0.25, 0.3) is 0 Å². The van der Waals surface area contributed by atoms with E-state index in [2.05, 4.69) is 24.4 Å². The van der Waals surface area contributed by atoms with Crippen molar-refractivity contribution in [3.63, 3.8) is 0 Å². The average Bonchev–Trinajstić information content (AvgIpc) is 1.64. The Morgan fingerprint density at radius 2 is 1.44 bits per heavy atom. The fourth-order valence-corrected chi connectivity index (χ4v) is 7.65. The molecule has 56 valence electrons. The van der Waals surface area contributed by atoms with Crippen LogP contribution in [0.15, 0.2) is 0 Å². The summed E-state index contributed by atoms with van der Waals surface area (Å²) < 4.78 is 10.6. The summed E-state index contributed by atoms with van der Waals surface area (Å²) in [7, 11) is 0. The molecule has 0 aliphatic heterocycles. The van der Waals surface area contributed by atoms with Crippen molar-refractivity contribution in [1.82, 2.24) is 0 Å². The Hall–Kier alpha value is 1.76. The Morgan fingerprint density at radius 1 is 1.11 bits per heavy atom. The van der Waals surface area contributed by atoms with Crippen molar-refractivity contribution in [2.24, 2.45) is 0 Å². The maximum absolute atomic E-state index is 5.29. The molecule has 0 saturated carbocycles. The van der Waals surface area contributed by atoms with E-state index < -0.39 is 16.4 Å². The number of rotatable bonds is 4. The van der Waals surface area contributed by atoms with Crippen molar-refractivity contribution in [2.75, 3.05) is 13.2 Å². The minimum absolute atomic E-state index is 0.701. The Labute approximate surface area is 72.8 Å². The Bertz CT molecular complexity index is 71.0. The van der Waals surface area contributed by atoms with Crippen LogP contribution in [0.25, 0.3) is 0 Å². The zero-order valence-electron chi connectivity index (χ0n) is 5.49. The third-order valence-electron chi connectivity index (χ3n) is 0.625. The topological polar surface area (TPSA) is 18.5 Å². The molecule has 0 bridgehead atoms. The summed E-state index contributed by atoms with van der Waals surface area (Å²) in [5.41, 5.74) is 0. The van der Waals surface area contributed by atoms with Crippen molar-refractivity contribution >= 4 is 24.4 Å². The van der Waals surface area contributed by atoms with Gasteiger partial charge in [-0.25, -0.2) is 0 Å². The van der Waals surface area contributed by atoms with Crippen LogP contribution in [0.2, 0.25) is 0 Å². The van der Waals surface area contributed by atoms with Gasteiger partial charge in [-0.2, -0.15) is 0 Å².